The highest BCUT2D eigenvalue weighted by Crippen LogP contribution is 2.29. The van der Waals surface area contributed by atoms with E-state index in [1.54, 1.807) is 11.3 Å². The fourth-order valence-corrected chi connectivity index (χ4v) is 4.15. The second-order valence-electron chi connectivity index (χ2n) is 6.21. The number of carbonyl (C=O) groups excluding carboxylic acids is 1. The van der Waals surface area contributed by atoms with Crippen molar-refractivity contribution >= 4 is 17.2 Å². The number of hydrogen-bond acceptors (Lipinski definition) is 4. The van der Waals surface area contributed by atoms with Crippen molar-refractivity contribution in [3.63, 3.8) is 0 Å². The second-order valence-corrected chi connectivity index (χ2v) is 6.99. The van der Waals surface area contributed by atoms with Crippen molar-refractivity contribution in [2.45, 2.75) is 50.9 Å². The molecule has 1 aromatic heterocycles. The smallest absolute Gasteiger partial charge is 0.241 e. The standard InChI is InChI=1S/C16H25N3OS/c1-3-14-16(20)19(10-13-6-4-5-8-18(13)2)15(17-14)12-7-9-21-11-12/h7,9,11,13-15,17H,3-6,8,10H2,1-2H3. The fourth-order valence-electron chi connectivity index (χ4n) is 3.48. The maximum atomic E-state index is 12.7. The molecule has 2 saturated heterocycles. The Balaban J connectivity index is 1.77. The molecule has 1 amide bonds. The predicted octanol–water partition coefficient (Wildman–Crippen LogP) is 2.44. The zero-order chi connectivity index (χ0) is 14.8. The van der Waals surface area contributed by atoms with Gasteiger partial charge in [0.15, 0.2) is 0 Å². The quantitative estimate of drug-likeness (QED) is 0.928. The normalized spacial score (nSPS) is 31.0. The molecular weight excluding hydrogens is 282 g/mol. The number of nitrogens with one attached hydrogen (secondary N) is 1. The first kappa shape index (κ1) is 15.0. The number of hydrogen-bond donors (Lipinski definition) is 1. The van der Waals surface area contributed by atoms with Crippen LogP contribution in [0.4, 0.5) is 0 Å². The summed E-state index contributed by atoms with van der Waals surface area (Å²) in [5, 5.41) is 7.75. The Morgan fingerprint density at radius 1 is 1.43 bits per heavy atom. The van der Waals surface area contributed by atoms with Crippen molar-refractivity contribution < 1.29 is 4.79 Å². The number of nitrogens with zero attached hydrogens (tertiary/aromatic N) is 2. The van der Waals surface area contributed by atoms with Crippen LogP contribution in [0.15, 0.2) is 16.8 Å². The number of amides is 1. The lowest BCUT2D eigenvalue weighted by Gasteiger charge is -2.36. The SMILES string of the molecule is CCC1NC(c2ccsc2)N(CC2CCCCN2C)C1=O. The molecule has 3 heterocycles. The van der Waals surface area contributed by atoms with Gasteiger partial charge in [-0.05, 0) is 55.2 Å². The van der Waals surface area contributed by atoms with Gasteiger partial charge in [-0.15, -0.1) is 0 Å². The highest BCUT2D eigenvalue weighted by atomic mass is 32.1. The van der Waals surface area contributed by atoms with Crippen LogP contribution in [0.1, 0.15) is 44.3 Å². The van der Waals surface area contributed by atoms with Crippen molar-refractivity contribution in [2.75, 3.05) is 20.1 Å². The second kappa shape index (κ2) is 6.46. The minimum atomic E-state index is -0.0243. The van der Waals surface area contributed by atoms with Crippen LogP contribution >= 0.6 is 11.3 Å². The Labute approximate surface area is 131 Å². The number of likely N-dealkylation sites (N-methyl/N-ethyl adjacent to an activating group) is 1. The van der Waals surface area contributed by atoms with Crippen molar-refractivity contribution in [3.05, 3.63) is 22.4 Å². The number of piperidine rings is 1. The van der Waals surface area contributed by atoms with Gasteiger partial charge in [0.1, 0.15) is 6.17 Å². The van der Waals surface area contributed by atoms with E-state index in [0.717, 1.165) is 19.5 Å². The van der Waals surface area contributed by atoms with Crippen LogP contribution < -0.4 is 5.32 Å². The zero-order valence-electron chi connectivity index (χ0n) is 12.9. The van der Waals surface area contributed by atoms with Crippen molar-refractivity contribution in [3.8, 4) is 0 Å². The van der Waals surface area contributed by atoms with Gasteiger partial charge in [-0.25, -0.2) is 0 Å². The molecule has 116 valence electrons. The van der Waals surface area contributed by atoms with E-state index in [9.17, 15) is 4.79 Å². The summed E-state index contributed by atoms with van der Waals surface area (Å²) in [7, 11) is 2.19. The van der Waals surface area contributed by atoms with Crippen LogP contribution in [0.5, 0.6) is 0 Å². The van der Waals surface area contributed by atoms with E-state index in [2.05, 4.69) is 45.9 Å². The molecule has 3 rings (SSSR count). The molecule has 4 nitrogen and oxygen atoms in total. The van der Waals surface area contributed by atoms with E-state index in [-0.39, 0.29) is 18.1 Å². The molecule has 3 unspecified atom stereocenters. The average molecular weight is 307 g/mol. The summed E-state index contributed by atoms with van der Waals surface area (Å²) in [6.45, 7) is 4.08. The summed E-state index contributed by atoms with van der Waals surface area (Å²) in [6, 6.07) is 2.61. The van der Waals surface area contributed by atoms with Gasteiger partial charge in [-0.3, -0.25) is 10.1 Å². The first-order chi connectivity index (χ1) is 10.2. The summed E-state index contributed by atoms with van der Waals surface area (Å²) in [5.74, 6) is 0.271. The van der Waals surface area contributed by atoms with Crippen LogP contribution in [-0.4, -0.2) is 47.9 Å². The third-order valence-electron chi connectivity index (χ3n) is 4.85. The molecule has 1 aromatic rings. The van der Waals surface area contributed by atoms with Crippen LogP contribution in [0.2, 0.25) is 0 Å². The minimum Gasteiger partial charge on any atom is -0.320 e. The molecule has 2 fully saturated rings. The monoisotopic (exact) mass is 307 g/mol. The summed E-state index contributed by atoms with van der Waals surface area (Å²) < 4.78 is 0. The first-order valence-corrected chi connectivity index (χ1v) is 8.94. The van der Waals surface area contributed by atoms with Gasteiger partial charge in [0.25, 0.3) is 0 Å². The van der Waals surface area contributed by atoms with Crippen LogP contribution in [0.25, 0.3) is 0 Å². The molecule has 2 aliphatic heterocycles. The predicted molar refractivity (Wildman–Crippen MR) is 86.3 cm³/mol. The van der Waals surface area contributed by atoms with Crippen molar-refractivity contribution in [1.82, 2.24) is 15.1 Å². The largest absolute Gasteiger partial charge is 0.320 e. The molecule has 0 spiro atoms. The van der Waals surface area contributed by atoms with E-state index in [1.165, 1.54) is 24.8 Å². The molecule has 2 aliphatic rings. The van der Waals surface area contributed by atoms with E-state index < -0.39 is 0 Å². The summed E-state index contributed by atoms with van der Waals surface area (Å²) in [6.07, 6.45) is 4.68. The molecule has 1 N–H and O–H groups in total. The topological polar surface area (TPSA) is 35.6 Å². The molecule has 0 saturated carbocycles. The molecule has 0 radical (unpaired) electrons. The summed E-state index contributed by atoms with van der Waals surface area (Å²) >= 11 is 1.70. The maximum Gasteiger partial charge on any atom is 0.241 e. The fraction of sp³-hybridized carbons (Fsp3) is 0.688. The van der Waals surface area contributed by atoms with Crippen LogP contribution in [0.3, 0.4) is 0 Å². The maximum absolute atomic E-state index is 12.7. The van der Waals surface area contributed by atoms with E-state index in [1.807, 2.05) is 0 Å². The van der Waals surface area contributed by atoms with E-state index >= 15 is 0 Å². The molecule has 5 heteroatoms. The Kier molecular flexibility index (Phi) is 4.62. The Bertz CT molecular complexity index is 476. The van der Waals surface area contributed by atoms with Gasteiger partial charge in [-0.1, -0.05) is 13.3 Å². The number of carbonyl (C=O) groups is 1. The van der Waals surface area contributed by atoms with Crippen LogP contribution in [-0.2, 0) is 4.79 Å². The third kappa shape index (κ3) is 3.00. The minimum absolute atomic E-state index is 0.0243. The molecule has 21 heavy (non-hydrogen) atoms. The first-order valence-electron chi connectivity index (χ1n) is 7.99. The Morgan fingerprint density at radius 3 is 2.95 bits per heavy atom. The number of thiophene rings is 1. The Hall–Kier alpha value is -0.910. The molecule has 0 bridgehead atoms. The van der Waals surface area contributed by atoms with E-state index in [4.69, 9.17) is 0 Å². The summed E-state index contributed by atoms with van der Waals surface area (Å²) in [5.41, 5.74) is 1.22. The average Bonchev–Trinajstić information content (AvgIpc) is 3.11. The highest BCUT2D eigenvalue weighted by Gasteiger charge is 2.40. The van der Waals surface area contributed by atoms with Crippen LogP contribution in [0, 0.1) is 0 Å². The van der Waals surface area contributed by atoms with Gasteiger partial charge >= 0.3 is 0 Å². The van der Waals surface area contributed by atoms with E-state index in [0.29, 0.717) is 6.04 Å². The van der Waals surface area contributed by atoms with Gasteiger partial charge in [-0.2, -0.15) is 11.3 Å². The van der Waals surface area contributed by atoms with Gasteiger partial charge in [0, 0.05) is 12.6 Å². The highest BCUT2D eigenvalue weighted by molar-refractivity contribution is 7.07. The lowest BCUT2D eigenvalue weighted by molar-refractivity contribution is -0.131. The number of rotatable bonds is 4. The lowest BCUT2D eigenvalue weighted by Crippen LogP contribution is -2.46. The molecule has 0 aliphatic carbocycles. The molecular formula is C16H25N3OS. The lowest BCUT2D eigenvalue weighted by atomic mass is 10.0. The summed E-state index contributed by atoms with van der Waals surface area (Å²) in [4.78, 5) is 17.2. The van der Waals surface area contributed by atoms with Gasteiger partial charge < -0.3 is 9.80 Å². The number of likely N-dealkylation sites (tertiary alicyclic amines) is 1. The van der Waals surface area contributed by atoms with Crippen molar-refractivity contribution in [1.29, 1.82) is 0 Å². The zero-order valence-corrected chi connectivity index (χ0v) is 13.7. The van der Waals surface area contributed by atoms with Gasteiger partial charge in [0.2, 0.25) is 5.91 Å². The van der Waals surface area contributed by atoms with Crippen molar-refractivity contribution in [2.24, 2.45) is 0 Å². The third-order valence-corrected chi connectivity index (χ3v) is 5.55. The molecule has 3 atom stereocenters. The van der Waals surface area contributed by atoms with Gasteiger partial charge in [0.05, 0.1) is 6.04 Å². The Morgan fingerprint density at radius 2 is 2.29 bits per heavy atom. The molecule has 0 aromatic carbocycles.